The lowest BCUT2D eigenvalue weighted by Crippen LogP contribution is -2.57. The van der Waals surface area contributed by atoms with Crippen LogP contribution >= 0.6 is 15.9 Å². The summed E-state index contributed by atoms with van der Waals surface area (Å²) in [5, 5.41) is 12.2. The van der Waals surface area contributed by atoms with Gasteiger partial charge in [0.25, 0.3) is 5.91 Å². The largest absolute Gasteiger partial charge is 0.481 e. The van der Waals surface area contributed by atoms with Crippen LogP contribution in [0.2, 0.25) is 0 Å². The molecule has 0 aliphatic rings. The van der Waals surface area contributed by atoms with Crippen LogP contribution < -0.4 is 5.32 Å². The lowest BCUT2D eigenvalue weighted by atomic mass is 9.74. The molecule has 0 fully saturated rings. The second-order valence-corrected chi connectivity index (χ2v) is 7.47. The van der Waals surface area contributed by atoms with Gasteiger partial charge in [0.1, 0.15) is 5.69 Å². The zero-order valence-electron chi connectivity index (χ0n) is 13.3. The number of hydrogen-bond donors (Lipinski definition) is 2. The van der Waals surface area contributed by atoms with Gasteiger partial charge in [-0.25, -0.2) is 0 Å². The molecule has 1 aromatic heterocycles. The van der Waals surface area contributed by atoms with E-state index in [2.05, 4.69) is 21.2 Å². The number of carboxylic acid groups (broad SMARTS) is 1. The molecule has 0 bridgehead atoms. The number of aromatic nitrogens is 1. The van der Waals surface area contributed by atoms with E-state index in [-0.39, 0.29) is 11.9 Å². The predicted molar refractivity (Wildman–Crippen MR) is 85.5 cm³/mol. The highest BCUT2D eigenvalue weighted by Crippen LogP contribution is 2.31. The first kappa shape index (κ1) is 17.8. The minimum Gasteiger partial charge on any atom is -0.481 e. The average Bonchev–Trinajstić information content (AvgIpc) is 2.70. The molecule has 0 aliphatic carbocycles. The molecule has 0 radical (unpaired) electrons. The van der Waals surface area contributed by atoms with Gasteiger partial charge < -0.3 is 15.0 Å². The van der Waals surface area contributed by atoms with E-state index in [4.69, 9.17) is 0 Å². The van der Waals surface area contributed by atoms with Crippen molar-refractivity contribution in [3.63, 3.8) is 0 Å². The molecule has 0 unspecified atom stereocenters. The molecule has 1 rings (SSSR count). The van der Waals surface area contributed by atoms with E-state index >= 15 is 0 Å². The topological polar surface area (TPSA) is 71.3 Å². The van der Waals surface area contributed by atoms with Crippen LogP contribution in [0, 0.1) is 5.41 Å². The normalized spacial score (nSPS) is 12.6. The number of carboxylic acids is 1. The number of carbonyl (C=O) groups excluding carboxylic acids is 1. The Balaban J connectivity index is 3.09. The highest BCUT2D eigenvalue weighted by atomic mass is 79.9. The van der Waals surface area contributed by atoms with Crippen LogP contribution in [0.25, 0.3) is 0 Å². The Morgan fingerprint density at radius 1 is 1.29 bits per heavy atom. The molecule has 0 saturated heterocycles. The fourth-order valence-corrected chi connectivity index (χ4v) is 2.26. The predicted octanol–water partition coefficient (Wildman–Crippen LogP) is 3.45. The van der Waals surface area contributed by atoms with E-state index in [0.717, 1.165) is 4.47 Å². The number of amides is 1. The van der Waals surface area contributed by atoms with Gasteiger partial charge in [-0.1, -0.05) is 0 Å². The van der Waals surface area contributed by atoms with Crippen LogP contribution in [0.1, 0.15) is 58.1 Å². The summed E-state index contributed by atoms with van der Waals surface area (Å²) in [5.74, 6) is -1.23. The van der Waals surface area contributed by atoms with Crippen molar-refractivity contribution in [1.29, 1.82) is 0 Å². The zero-order valence-corrected chi connectivity index (χ0v) is 14.9. The summed E-state index contributed by atoms with van der Waals surface area (Å²) < 4.78 is 2.67. The Bertz CT molecular complexity index is 559. The highest BCUT2D eigenvalue weighted by molar-refractivity contribution is 9.10. The van der Waals surface area contributed by atoms with Gasteiger partial charge in [0.2, 0.25) is 0 Å². The molecule has 6 heteroatoms. The van der Waals surface area contributed by atoms with Gasteiger partial charge in [0, 0.05) is 16.7 Å². The smallest absolute Gasteiger partial charge is 0.311 e. The van der Waals surface area contributed by atoms with Gasteiger partial charge in [-0.2, -0.15) is 0 Å². The summed E-state index contributed by atoms with van der Waals surface area (Å²) in [7, 11) is 0. The molecule has 1 amide bonds. The van der Waals surface area contributed by atoms with Crippen LogP contribution in [0.4, 0.5) is 0 Å². The molecular formula is C15H23BrN2O3. The lowest BCUT2D eigenvalue weighted by Gasteiger charge is -2.38. The molecule has 0 saturated carbocycles. The maximum absolute atomic E-state index is 12.5. The van der Waals surface area contributed by atoms with E-state index in [9.17, 15) is 14.7 Å². The van der Waals surface area contributed by atoms with E-state index in [1.54, 1.807) is 33.8 Å². The third-order valence-corrected chi connectivity index (χ3v) is 4.56. The van der Waals surface area contributed by atoms with Crippen molar-refractivity contribution >= 4 is 27.8 Å². The molecule has 1 aromatic rings. The molecule has 5 nitrogen and oxygen atoms in total. The number of hydrogen-bond acceptors (Lipinski definition) is 2. The van der Waals surface area contributed by atoms with Crippen molar-refractivity contribution in [1.82, 2.24) is 9.88 Å². The van der Waals surface area contributed by atoms with E-state index in [1.165, 1.54) is 0 Å². The number of aliphatic carboxylic acids is 1. The van der Waals surface area contributed by atoms with Crippen LogP contribution in [0.3, 0.4) is 0 Å². The van der Waals surface area contributed by atoms with E-state index in [1.807, 2.05) is 24.6 Å². The minimum atomic E-state index is -1.09. The van der Waals surface area contributed by atoms with Crippen molar-refractivity contribution in [3.8, 4) is 0 Å². The number of halogens is 1. The summed E-state index contributed by atoms with van der Waals surface area (Å²) in [5.41, 5.74) is -1.48. The van der Waals surface area contributed by atoms with E-state index in [0.29, 0.717) is 5.69 Å². The standard InChI is InChI=1S/C15H23BrN2O3/c1-9(2)18-8-10(16)7-11(18)12(19)17-15(5,6)14(3,4)13(20)21/h7-9H,1-6H3,(H,17,19)(H,20,21). The minimum absolute atomic E-state index is 0.132. The quantitative estimate of drug-likeness (QED) is 0.846. The number of nitrogens with one attached hydrogen (secondary N) is 1. The van der Waals surface area contributed by atoms with Gasteiger partial charge in [-0.05, 0) is 63.5 Å². The maximum atomic E-state index is 12.5. The second kappa shape index (κ2) is 5.83. The van der Waals surface area contributed by atoms with Gasteiger partial charge in [-0.3, -0.25) is 9.59 Å². The van der Waals surface area contributed by atoms with Gasteiger partial charge in [0.15, 0.2) is 0 Å². The highest BCUT2D eigenvalue weighted by Gasteiger charge is 2.44. The first-order chi connectivity index (χ1) is 9.40. The molecule has 21 heavy (non-hydrogen) atoms. The molecule has 2 N–H and O–H groups in total. The third kappa shape index (κ3) is 3.48. The van der Waals surface area contributed by atoms with Crippen molar-refractivity contribution in [3.05, 3.63) is 22.4 Å². The molecule has 0 spiro atoms. The summed E-state index contributed by atoms with van der Waals surface area (Å²) in [6, 6.07) is 1.87. The number of rotatable bonds is 5. The van der Waals surface area contributed by atoms with Gasteiger partial charge in [-0.15, -0.1) is 0 Å². The van der Waals surface area contributed by atoms with Crippen LogP contribution in [0.5, 0.6) is 0 Å². The van der Waals surface area contributed by atoms with Gasteiger partial charge in [0.05, 0.1) is 11.0 Å². The fourth-order valence-electron chi connectivity index (χ4n) is 1.83. The molecular weight excluding hydrogens is 336 g/mol. The first-order valence-electron chi connectivity index (χ1n) is 6.83. The van der Waals surface area contributed by atoms with Crippen LogP contribution in [0.15, 0.2) is 16.7 Å². The monoisotopic (exact) mass is 358 g/mol. The van der Waals surface area contributed by atoms with E-state index < -0.39 is 16.9 Å². The molecule has 0 atom stereocenters. The lowest BCUT2D eigenvalue weighted by molar-refractivity contribution is -0.150. The van der Waals surface area contributed by atoms with Gasteiger partial charge >= 0.3 is 5.97 Å². The Kier molecular flexibility index (Phi) is 4.93. The van der Waals surface area contributed by atoms with Crippen molar-refractivity contribution in [2.75, 3.05) is 0 Å². The van der Waals surface area contributed by atoms with Crippen LogP contribution in [-0.4, -0.2) is 27.1 Å². The molecule has 1 heterocycles. The molecule has 118 valence electrons. The van der Waals surface area contributed by atoms with Crippen molar-refractivity contribution in [2.24, 2.45) is 5.41 Å². The first-order valence-corrected chi connectivity index (χ1v) is 7.62. The summed E-state index contributed by atoms with van der Waals surface area (Å²) in [6.07, 6.45) is 1.84. The summed E-state index contributed by atoms with van der Waals surface area (Å²) in [4.78, 5) is 23.9. The molecule has 0 aliphatic heterocycles. The Labute approximate surface area is 133 Å². The SMILES string of the molecule is CC(C)n1cc(Br)cc1C(=O)NC(C)(C)C(C)(C)C(=O)O. The van der Waals surface area contributed by atoms with Crippen LogP contribution in [-0.2, 0) is 4.79 Å². The third-order valence-electron chi connectivity index (χ3n) is 4.13. The summed E-state index contributed by atoms with van der Waals surface area (Å²) >= 11 is 3.37. The maximum Gasteiger partial charge on any atom is 0.311 e. The number of nitrogens with zero attached hydrogens (tertiary/aromatic N) is 1. The fraction of sp³-hybridized carbons (Fsp3) is 0.600. The Hall–Kier alpha value is -1.30. The van der Waals surface area contributed by atoms with Crippen molar-refractivity contribution < 1.29 is 14.7 Å². The Morgan fingerprint density at radius 2 is 1.81 bits per heavy atom. The molecule has 0 aromatic carbocycles. The van der Waals surface area contributed by atoms with Crippen molar-refractivity contribution in [2.45, 2.75) is 53.1 Å². The Morgan fingerprint density at radius 3 is 2.24 bits per heavy atom. The average molecular weight is 359 g/mol. The zero-order chi connectivity index (χ0) is 16.6. The second-order valence-electron chi connectivity index (χ2n) is 6.55. The summed E-state index contributed by atoms with van der Waals surface area (Å²) in [6.45, 7) is 10.6. The number of carbonyl (C=O) groups is 2.